The van der Waals surface area contributed by atoms with Crippen LogP contribution in [0.15, 0.2) is 48.9 Å². The van der Waals surface area contributed by atoms with E-state index in [2.05, 4.69) is 15.2 Å². The Balaban J connectivity index is 1.72. The normalized spacial score (nSPS) is 16.8. The highest BCUT2D eigenvalue weighted by Crippen LogP contribution is 2.37. The lowest BCUT2D eigenvalue weighted by molar-refractivity contribution is 0.0603. The number of amides is 1. The van der Waals surface area contributed by atoms with Gasteiger partial charge in [-0.25, -0.2) is 0 Å². The van der Waals surface area contributed by atoms with Gasteiger partial charge in [0.1, 0.15) is 5.75 Å². The first-order valence-corrected chi connectivity index (χ1v) is 9.65. The molecule has 1 atom stereocenters. The second-order valence-electron chi connectivity index (χ2n) is 6.79. The van der Waals surface area contributed by atoms with Crippen molar-refractivity contribution in [2.45, 2.75) is 25.3 Å². The molecule has 0 radical (unpaired) electrons. The Labute approximate surface area is 168 Å². The molecule has 1 amide bonds. The number of benzene rings is 1. The maximum absolute atomic E-state index is 13.4. The molecule has 2 aromatic heterocycles. The highest BCUT2D eigenvalue weighted by molar-refractivity contribution is 6.31. The van der Waals surface area contributed by atoms with Gasteiger partial charge >= 0.3 is 0 Å². The van der Waals surface area contributed by atoms with E-state index < -0.39 is 0 Å². The number of rotatable bonds is 4. The van der Waals surface area contributed by atoms with Gasteiger partial charge < -0.3 is 9.64 Å². The van der Waals surface area contributed by atoms with E-state index in [4.69, 9.17) is 16.3 Å². The van der Waals surface area contributed by atoms with Gasteiger partial charge in [0.15, 0.2) is 0 Å². The fourth-order valence-electron chi connectivity index (χ4n) is 3.79. The van der Waals surface area contributed by atoms with Crippen LogP contribution in [0.2, 0.25) is 5.02 Å². The molecule has 1 fully saturated rings. The van der Waals surface area contributed by atoms with Gasteiger partial charge in [-0.3, -0.25) is 14.9 Å². The number of aromatic nitrogens is 3. The third-order valence-electron chi connectivity index (χ3n) is 5.15. The molecule has 1 aliphatic heterocycles. The van der Waals surface area contributed by atoms with Crippen molar-refractivity contribution in [1.29, 1.82) is 0 Å². The van der Waals surface area contributed by atoms with Crippen LogP contribution in [0.25, 0.3) is 11.1 Å². The van der Waals surface area contributed by atoms with E-state index in [0.29, 0.717) is 22.9 Å². The zero-order valence-electron chi connectivity index (χ0n) is 15.6. The van der Waals surface area contributed by atoms with Crippen LogP contribution in [0.1, 0.15) is 41.4 Å². The van der Waals surface area contributed by atoms with Crippen molar-refractivity contribution in [1.82, 2.24) is 20.1 Å². The van der Waals surface area contributed by atoms with Crippen molar-refractivity contribution in [2.24, 2.45) is 0 Å². The van der Waals surface area contributed by atoms with Crippen molar-refractivity contribution in [3.8, 4) is 16.9 Å². The summed E-state index contributed by atoms with van der Waals surface area (Å²) in [6, 6.07) is 8.93. The average Bonchev–Trinajstić information content (AvgIpc) is 3.23. The zero-order valence-corrected chi connectivity index (χ0v) is 16.3. The Morgan fingerprint density at radius 1 is 1.25 bits per heavy atom. The molecule has 0 bridgehead atoms. The first-order chi connectivity index (χ1) is 13.7. The summed E-state index contributed by atoms with van der Waals surface area (Å²) >= 11 is 6.15. The quantitative estimate of drug-likeness (QED) is 0.704. The highest BCUT2D eigenvalue weighted by atomic mass is 35.5. The number of hydrogen-bond donors (Lipinski definition) is 1. The van der Waals surface area contributed by atoms with Crippen LogP contribution in [0, 0.1) is 0 Å². The predicted molar refractivity (Wildman–Crippen MR) is 107 cm³/mol. The van der Waals surface area contributed by atoms with Crippen LogP contribution >= 0.6 is 11.6 Å². The highest BCUT2D eigenvalue weighted by Gasteiger charge is 2.32. The van der Waals surface area contributed by atoms with E-state index >= 15 is 0 Å². The Morgan fingerprint density at radius 2 is 2.07 bits per heavy atom. The van der Waals surface area contributed by atoms with Gasteiger partial charge in [-0.2, -0.15) is 5.10 Å². The number of ether oxygens (including phenoxy) is 1. The van der Waals surface area contributed by atoms with Crippen molar-refractivity contribution in [3.05, 3.63) is 65.2 Å². The number of likely N-dealkylation sites (tertiary alicyclic amines) is 1. The molecule has 1 saturated heterocycles. The Kier molecular flexibility index (Phi) is 5.30. The van der Waals surface area contributed by atoms with Crippen molar-refractivity contribution >= 4 is 17.5 Å². The summed E-state index contributed by atoms with van der Waals surface area (Å²) in [6.45, 7) is 0.675. The number of nitrogens with zero attached hydrogens (tertiary/aromatic N) is 3. The van der Waals surface area contributed by atoms with Crippen LogP contribution in [0.3, 0.4) is 0 Å². The first kappa shape index (κ1) is 18.5. The summed E-state index contributed by atoms with van der Waals surface area (Å²) < 4.78 is 5.40. The topological polar surface area (TPSA) is 71.1 Å². The van der Waals surface area contributed by atoms with Crippen LogP contribution in [0.5, 0.6) is 5.75 Å². The smallest absolute Gasteiger partial charge is 0.258 e. The SMILES string of the molecule is COc1ccc(Cl)cc1C(=O)N1CCCC[C@H]1c1[nH]ncc1-c1ccncc1. The standard InChI is InChI=1S/C21H21ClN4O2/c1-28-19-6-5-15(22)12-16(19)21(27)26-11-3-2-4-18(26)20-17(13-24-25-20)14-7-9-23-10-8-14/h5-10,12-13,18H,2-4,11H2,1H3,(H,24,25)/t18-/m0/s1. The van der Waals surface area contributed by atoms with Gasteiger partial charge in [0.2, 0.25) is 0 Å². The minimum absolute atomic E-state index is 0.0840. The van der Waals surface area contributed by atoms with Gasteiger partial charge in [0, 0.05) is 29.5 Å². The lowest BCUT2D eigenvalue weighted by Gasteiger charge is -2.36. The monoisotopic (exact) mass is 396 g/mol. The molecule has 144 valence electrons. The third kappa shape index (κ3) is 3.47. The summed E-state index contributed by atoms with van der Waals surface area (Å²) in [6.07, 6.45) is 8.20. The molecule has 7 heteroatoms. The molecule has 1 N–H and O–H groups in total. The number of piperidine rings is 1. The minimum Gasteiger partial charge on any atom is -0.496 e. The lowest BCUT2D eigenvalue weighted by atomic mass is 9.94. The van der Waals surface area contributed by atoms with E-state index in [1.807, 2.05) is 23.2 Å². The van der Waals surface area contributed by atoms with Crippen LogP contribution in [-0.2, 0) is 0 Å². The van der Waals surface area contributed by atoms with Gasteiger partial charge in [0.05, 0.1) is 30.6 Å². The molecular weight excluding hydrogens is 376 g/mol. The van der Waals surface area contributed by atoms with Crippen LogP contribution in [-0.4, -0.2) is 39.6 Å². The fourth-order valence-corrected chi connectivity index (χ4v) is 3.96. The number of halogens is 1. The molecule has 3 aromatic rings. The Hall–Kier alpha value is -2.86. The molecule has 1 aliphatic rings. The van der Waals surface area contributed by atoms with E-state index in [9.17, 15) is 4.79 Å². The van der Waals surface area contributed by atoms with Crippen LogP contribution in [0.4, 0.5) is 0 Å². The molecular formula is C21H21ClN4O2. The Morgan fingerprint density at radius 3 is 2.86 bits per heavy atom. The molecule has 0 aliphatic carbocycles. The maximum atomic E-state index is 13.4. The molecule has 3 heterocycles. The largest absolute Gasteiger partial charge is 0.496 e. The Bertz CT molecular complexity index is 974. The van der Waals surface area contributed by atoms with E-state index in [-0.39, 0.29) is 11.9 Å². The average molecular weight is 397 g/mol. The number of carbonyl (C=O) groups excluding carboxylic acids is 1. The van der Waals surface area contributed by atoms with E-state index in [0.717, 1.165) is 36.1 Å². The van der Waals surface area contributed by atoms with Crippen molar-refractivity contribution < 1.29 is 9.53 Å². The van der Waals surface area contributed by atoms with Gasteiger partial charge in [-0.05, 0) is 55.2 Å². The number of hydrogen-bond acceptors (Lipinski definition) is 4. The van der Waals surface area contributed by atoms with Gasteiger partial charge in [-0.1, -0.05) is 11.6 Å². The van der Waals surface area contributed by atoms with E-state index in [1.165, 1.54) is 0 Å². The number of pyridine rings is 1. The summed E-state index contributed by atoms with van der Waals surface area (Å²) in [5.74, 6) is 0.442. The fraction of sp³-hybridized carbons (Fsp3) is 0.286. The first-order valence-electron chi connectivity index (χ1n) is 9.27. The maximum Gasteiger partial charge on any atom is 0.258 e. The molecule has 4 rings (SSSR count). The molecule has 0 saturated carbocycles. The molecule has 0 spiro atoms. The third-order valence-corrected chi connectivity index (χ3v) is 5.38. The number of carbonyl (C=O) groups is 1. The summed E-state index contributed by atoms with van der Waals surface area (Å²) in [5.41, 5.74) is 3.44. The minimum atomic E-state index is -0.0874. The van der Waals surface area contributed by atoms with Crippen molar-refractivity contribution in [3.63, 3.8) is 0 Å². The number of aromatic amines is 1. The van der Waals surface area contributed by atoms with Crippen molar-refractivity contribution in [2.75, 3.05) is 13.7 Å². The predicted octanol–water partition coefficient (Wildman–Crippen LogP) is 4.50. The van der Waals surface area contributed by atoms with Crippen LogP contribution < -0.4 is 4.74 Å². The molecule has 1 aromatic carbocycles. The number of nitrogens with one attached hydrogen (secondary N) is 1. The summed E-state index contributed by atoms with van der Waals surface area (Å²) in [5, 5.41) is 7.90. The zero-order chi connectivity index (χ0) is 19.5. The van der Waals surface area contributed by atoms with Gasteiger partial charge in [-0.15, -0.1) is 0 Å². The second kappa shape index (κ2) is 8.02. The lowest BCUT2D eigenvalue weighted by Crippen LogP contribution is -2.39. The number of methoxy groups -OCH3 is 1. The summed E-state index contributed by atoms with van der Waals surface area (Å²) in [7, 11) is 1.56. The summed E-state index contributed by atoms with van der Waals surface area (Å²) in [4.78, 5) is 19.4. The molecule has 6 nitrogen and oxygen atoms in total. The molecule has 0 unspecified atom stereocenters. The second-order valence-corrected chi connectivity index (χ2v) is 7.22. The van der Waals surface area contributed by atoms with E-state index in [1.54, 1.807) is 37.7 Å². The molecule has 28 heavy (non-hydrogen) atoms. The number of H-pyrrole nitrogens is 1. The van der Waals surface area contributed by atoms with Gasteiger partial charge in [0.25, 0.3) is 5.91 Å².